The van der Waals surface area contributed by atoms with E-state index in [9.17, 15) is 4.39 Å². The molecule has 4 rings (SSSR count). The van der Waals surface area contributed by atoms with Gasteiger partial charge in [-0.3, -0.25) is 4.90 Å². The van der Waals surface area contributed by atoms with Crippen LogP contribution in [0.15, 0.2) is 66.9 Å². The molecule has 150 valence electrons. The monoisotopic (exact) mass is 391 g/mol. The van der Waals surface area contributed by atoms with Crippen LogP contribution in [0.1, 0.15) is 11.1 Å². The van der Waals surface area contributed by atoms with Gasteiger partial charge in [0.25, 0.3) is 0 Å². The van der Waals surface area contributed by atoms with E-state index >= 15 is 0 Å². The van der Waals surface area contributed by atoms with Gasteiger partial charge in [-0.2, -0.15) is 4.98 Å². The van der Waals surface area contributed by atoms with Crippen molar-refractivity contribution in [2.24, 2.45) is 0 Å². The van der Waals surface area contributed by atoms with Crippen LogP contribution < -0.4 is 10.2 Å². The van der Waals surface area contributed by atoms with Crippen LogP contribution in [0.5, 0.6) is 0 Å². The molecular weight excluding hydrogens is 365 g/mol. The highest BCUT2D eigenvalue weighted by Gasteiger charge is 2.19. The zero-order valence-corrected chi connectivity index (χ0v) is 16.5. The fourth-order valence-electron chi connectivity index (χ4n) is 3.53. The summed E-state index contributed by atoms with van der Waals surface area (Å²) in [5.41, 5.74) is 2.45. The van der Waals surface area contributed by atoms with Crippen LogP contribution in [-0.2, 0) is 13.0 Å². The number of piperazine rings is 1. The third-order valence-corrected chi connectivity index (χ3v) is 5.18. The summed E-state index contributed by atoms with van der Waals surface area (Å²) >= 11 is 0. The SMILES string of the molecule is Fc1ccc(CCNc2ccnc(N3CCN(Cc4ccccc4)CC3)n2)cc1. The zero-order chi connectivity index (χ0) is 19.9. The Kier molecular flexibility index (Phi) is 6.32. The maximum Gasteiger partial charge on any atom is 0.227 e. The van der Waals surface area contributed by atoms with Gasteiger partial charge in [-0.1, -0.05) is 42.5 Å². The van der Waals surface area contributed by atoms with Crippen molar-refractivity contribution in [3.63, 3.8) is 0 Å². The van der Waals surface area contributed by atoms with Crippen LogP contribution in [0.25, 0.3) is 0 Å². The molecule has 0 spiro atoms. The van der Waals surface area contributed by atoms with Gasteiger partial charge in [0.15, 0.2) is 0 Å². The molecule has 1 aromatic heterocycles. The number of nitrogens with zero attached hydrogens (tertiary/aromatic N) is 4. The Morgan fingerprint density at radius 3 is 2.38 bits per heavy atom. The molecule has 0 aliphatic carbocycles. The lowest BCUT2D eigenvalue weighted by Crippen LogP contribution is -2.46. The fraction of sp³-hybridized carbons (Fsp3) is 0.304. The third kappa shape index (κ3) is 5.51. The first-order valence-corrected chi connectivity index (χ1v) is 10.1. The van der Waals surface area contributed by atoms with Gasteiger partial charge in [0, 0.05) is 45.5 Å². The molecule has 0 atom stereocenters. The Morgan fingerprint density at radius 2 is 1.62 bits per heavy atom. The molecule has 0 bridgehead atoms. The molecule has 1 aliphatic rings. The lowest BCUT2D eigenvalue weighted by atomic mass is 10.1. The highest BCUT2D eigenvalue weighted by Crippen LogP contribution is 2.15. The van der Waals surface area contributed by atoms with Crippen molar-refractivity contribution in [2.45, 2.75) is 13.0 Å². The Balaban J connectivity index is 1.27. The van der Waals surface area contributed by atoms with Gasteiger partial charge in [-0.25, -0.2) is 9.37 Å². The number of halogens is 1. The summed E-state index contributed by atoms with van der Waals surface area (Å²) in [6, 6.07) is 19.1. The minimum absolute atomic E-state index is 0.203. The Hall–Kier alpha value is -2.99. The number of anilines is 2. The number of nitrogens with one attached hydrogen (secondary N) is 1. The van der Waals surface area contributed by atoms with Gasteiger partial charge in [-0.05, 0) is 35.7 Å². The van der Waals surface area contributed by atoms with Crippen molar-refractivity contribution < 1.29 is 4.39 Å². The van der Waals surface area contributed by atoms with Crippen molar-refractivity contribution in [3.05, 3.63) is 83.8 Å². The Bertz CT molecular complexity index is 893. The van der Waals surface area contributed by atoms with Gasteiger partial charge in [0.1, 0.15) is 11.6 Å². The summed E-state index contributed by atoms with van der Waals surface area (Å²) in [7, 11) is 0. The second-order valence-electron chi connectivity index (χ2n) is 7.29. The average molecular weight is 391 g/mol. The molecule has 1 aliphatic heterocycles. The molecule has 0 saturated carbocycles. The van der Waals surface area contributed by atoms with E-state index in [0.717, 1.165) is 63.0 Å². The smallest absolute Gasteiger partial charge is 0.227 e. The maximum atomic E-state index is 13.0. The first kappa shape index (κ1) is 19.3. The number of benzene rings is 2. The first-order chi connectivity index (χ1) is 14.3. The normalized spacial score (nSPS) is 14.7. The fourth-order valence-corrected chi connectivity index (χ4v) is 3.53. The Labute approximate surface area is 171 Å². The van der Waals surface area contributed by atoms with Gasteiger partial charge in [0.2, 0.25) is 5.95 Å². The number of hydrogen-bond acceptors (Lipinski definition) is 5. The summed E-state index contributed by atoms with van der Waals surface area (Å²) in [4.78, 5) is 13.9. The molecule has 29 heavy (non-hydrogen) atoms. The predicted octanol–water partition coefficient (Wildman–Crippen LogP) is 3.59. The molecule has 1 saturated heterocycles. The molecule has 0 amide bonds. The van der Waals surface area contributed by atoms with E-state index < -0.39 is 0 Å². The summed E-state index contributed by atoms with van der Waals surface area (Å²) in [6.45, 7) is 5.58. The molecule has 2 aromatic carbocycles. The van der Waals surface area contributed by atoms with Crippen LogP contribution in [-0.4, -0.2) is 47.6 Å². The molecule has 1 fully saturated rings. The highest BCUT2D eigenvalue weighted by molar-refractivity contribution is 5.41. The van der Waals surface area contributed by atoms with E-state index in [4.69, 9.17) is 0 Å². The molecule has 5 nitrogen and oxygen atoms in total. The lowest BCUT2D eigenvalue weighted by Gasteiger charge is -2.34. The third-order valence-electron chi connectivity index (χ3n) is 5.18. The maximum absolute atomic E-state index is 13.0. The van der Waals surface area contributed by atoms with E-state index in [0.29, 0.717) is 0 Å². The summed E-state index contributed by atoms with van der Waals surface area (Å²) < 4.78 is 13.0. The van der Waals surface area contributed by atoms with E-state index in [1.807, 2.05) is 18.2 Å². The van der Waals surface area contributed by atoms with E-state index in [1.165, 1.54) is 17.7 Å². The van der Waals surface area contributed by atoms with Gasteiger partial charge in [-0.15, -0.1) is 0 Å². The summed E-state index contributed by atoms with van der Waals surface area (Å²) in [6.07, 6.45) is 2.62. The van der Waals surface area contributed by atoms with Crippen LogP contribution in [0, 0.1) is 5.82 Å². The van der Waals surface area contributed by atoms with E-state index in [-0.39, 0.29) is 5.82 Å². The van der Waals surface area contributed by atoms with Crippen LogP contribution >= 0.6 is 0 Å². The highest BCUT2D eigenvalue weighted by atomic mass is 19.1. The predicted molar refractivity (Wildman–Crippen MR) is 115 cm³/mol. The van der Waals surface area contributed by atoms with Crippen molar-refractivity contribution in [1.82, 2.24) is 14.9 Å². The van der Waals surface area contributed by atoms with Gasteiger partial charge < -0.3 is 10.2 Å². The molecular formula is C23H26FN5. The zero-order valence-electron chi connectivity index (χ0n) is 16.5. The van der Waals surface area contributed by atoms with Crippen molar-refractivity contribution in [2.75, 3.05) is 42.9 Å². The van der Waals surface area contributed by atoms with Crippen molar-refractivity contribution >= 4 is 11.8 Å². The molecule has 2 heterocycles. The van der Waals surface area contributed by atoms with Crippen LogP contribution in [0.2, 0.25) is 0 Å². The average Bonchev–Trinajstić information content (AvgIpc) is 2.77. The summed E-state index contributed by atoms with van der Waals surface area (Å²) in [5, 5.41) is 3.35. The standard InChI is InChI=1S/C23H26FN5/c24-21-8-6-19(7-9-21)10-12-25-22-11-13-26-23(27-22)29-16-14-28(15-17-29)18-20-4-2-1-3-5-20/h1-9,11,13H,10,12,14-18H2,(H,25,26,27). The number of hydrogen-bond donors (Lipinski definition) is 1. The largest absolute Gasteiger partial charge is 0.370 e. The van der Waals surface area contributed by atoms with Crippen molar-refractivity contribution in [1.29, 1.82) is 0 Å². The quantitative estimate of drug-likeness (QED) is 0.667. The second-order valence-corrected chi connectivity index (χ2v) is 7.29. The molecule has 0 unspecified atom stereocenters. The van der Waals surface area contributed by atoms with Crippen LogP contribution in [0.4, 0.5) is 16.2 Å². The van der Waals surface area contributed by atoms with E-state index in [1.54, 1.807) is 6.20 Å². The second kappa shape index (κ2) is 9.47. The molecule has 0 radical (unpaired) electrons. The summed E-state index contributed by atoms with van der Waals surface area (Å²) in [5.74, 6) is 1.39. The van der Waals surface area contributed by atoms with Gasteiger partial charge in [0.05, 0.1) is 0 Å². The molecule has 1 N–H and O–H groups in total. The van der Waals surface area contributed by atoms with Gasteiger partial charge >= 0.3 is 0 Å². The minimum atomic E-state index is -0.203. The number of rotatable bonds is 7. The minimum Gasteiger partial charge on any atom is -0.370 e. The topological polar surface area (TPSA) is 44.3 Å². The number of aromatic nitrogens is 2. The molecule has 6 heteroatoms. The first-order valence-electron chi connectivity index (χ1n) is 10.1. The van der Waals surface area contributed by atoms with Crippen molar-refractivity contribution in [3.8, 4) is 0 Å². The molecule has 3 aromatic rings. The Morgan fingerprint density at radius 1 is 0.862 bits per heavy atom. The van der Waals surface area contributed by atoms with E-state index in [2.05, 4.69) is 55.4 Å². The van der Waals surface area contributed by atoms with Crippen LogP contribution in [0.3, 0.4) is 0 Å². The lowest BCUT2D eigenvalue weighted by molar-refractivity contribution is 0.248.